The number of pyridine rings is 2. The van der Waals surface area contributed by atoms with Gasteiger partial charge < -0.3 is 25.2 Å². The first-order valence-corrected chi connectivity index (χ1v) is 15.4. The molecular weight excluding hydrogens is 554 g/mol. The van der Waals surface area contributed by atoms with E-state index in [9.17, 15) is 9.59 Å². The van der Waals surface area contributed by atoms with Crippen LogP contribution in [0.3, 0.4) is 0 Å². The number of aromatic nitrogens is 2. The van der Waals surface area contributed by atoms with Crippen LogP contribution in [0.2, 0.25) is 0 Å². The number of aliphatic imine (C=N–C) groups is 1. The van der Waals surface area contributed by atoms with Crippen molar-refractivity contribution in [2.75, 3.05) is 56.7 Å². The number of nitrogens with two attached hydrogens (primary N) is 1. The molecule has 1 aromatic carbocycles. The molecule has 1 spiro atoms. The van der Waals surface area contributed by atoms with Crippen molar-refractivity contribution in [3.63, 3.8) is 0 Å². The van der Waals surface area contributed by atoms with Crippen LogP contribution >= 0.6 is 0 Å². The number of benzene rings is 1. The van der Waals surface area contributed by atoms with Crippen molar-refractivity contribution in [2.45, 2.75) is 38.5 Å². The van der Waals surface area contributed by atoms with Crippen LogP contribution in [0.4, 0.5) is 17.3 Å². The Morgan fingerprint density at radius 1 is 1.14 bits per heavy atom. The van der Waals surface area contributed by atoms with Crippen molar-refractivity contribution in [1.29, 1.82) is 0 Å². The molecule has 2 atom stereocenters. The normalized spacial score (nSPS) is 20.7. The SMILES string of the molecule is COC(=O)c1cccc(N(C)CCC2CCN(C(=O)C(N)=Nc3ncc(N4CC5(CCC5c5ccccc5)C4)cc3C)C2)n1. The molecule has 10 heteroatoms. The number of methoxy groups -OCH3 is 1. The van der Waals surface area contributed by atoms with Gasteiger partial charge in [0.25, 0.3) is 5.91 Å². The van der Waals surface area contributed by atoms with Crippen LogP contribution in [-0.2, 0) is 9.53 Å². The maximum atomic E-state index is 13.2. The zero-order valence-corrected chi connectivity index (χ0v) is 25.8. The fourth-order valence-corrected chi connectivity index (χ4v) is 6.94. The van der Waals surface area contributed by atoms with E-state index in [-0.39, 0.29) is 17.4 Å². The van der Waals surface area contributed by atoms with E-state index in [1.807, 2.05) is 31.1 Å². The van der Waals surface area contributed by atoms with E-state index in [1.54, 1.807) is 17.0 Å². The number of amides is 1. The molecule has 3 fully saturated rings. The number of carbonyl (C=O) groups is 2. The van der Waals surface area contributed by atoms with Crippen LogP contribution in [0.15, 0.2) is 65.8 Å². The highest BCUT2D eigenvalue weighted by Gasteiger charge is 2.55. The number of carbonyl (C=O) groups excluding carboxylic acids is 2. The number of likely N-dealkylation sites (tertiary alicyclic amines) is 1. The maximum absolute atomic E-state index is 13.2. The third-order valence-corrected chi connectivity index (χ3v) is 9.70. The van der Waals surface area contributed by atoms with Gasteiger partial charge in [0.15, 0.2) is 17.3 Å². The van der Waals surface area contributed by atoms with Gasteiger partial charge in [0.1, 0.15) is 5.82 Å². The van der Waals surface area contributed by atoms with Crippen LogP contribution < -0.4 is 15.5 Å². The summed E-state index contributed by atoms with van der Waals surface area (Å²) in [6.45, 7) is 6.07. The molecule has 4 heterocycles. The van der Waals surface area contributed by atoms with Crippen molar-refractivity contribution in [3.05, 3.63) is 77.6 Å². The van der Waals surface area contributed by atoms with Crippen molar-refractivity contribution >= 4 is 35.0 Å². The summed E-state index contributed by atoms with van der Waals surface area (Å²) in [7, 11) is 3.29. The Bertz CT molecular complexity index is 1550. The Balaban J connectivity index is 1.00. The van der Waals surface area contributed by atoms with E-state index in [2.05, 4.69) is 56.3 Å². The lowest BCUT2D eigenvalue weighted by molar-refractivity contribution is -0.123. The van der Waals surface area contributed by atoms with Gasteiger partial charge in [-0.1, -0.05) is 36.4 Å². The van der Waals surface area contributed by atoms with Crippen molar-refractivity contribution in [2.24, 2.45) is 22.1 Å². The summed E-state index contributed by atoms with van der Waals surface area (Å²) in [4.78, 5) is 44.6. The number of ether oxygens (including phenoxy) is 1. The van der Waals surface area contributed by atoms with Crippen molar-refractivity contribution < 1.29 is 14.3 Å². The van der Waals surface area contributed by atoms with Crippen molar-refractivity contribution in [1.82, 2.24) is 14.9 Å². The molecule has 44 heavy (non-hydrogen) atoms. The number of hydrogen-bond donors (Lipinski definition) is 1. The molecule has 1 amide bonds. The summed E-state index contributed by atoms with van der Waals surface area (Å²) < 4.78 is 4.78. The van der Waals surface area contributed by atoms with Gasteiger partial charge in [-0.15, -0.1) is 0 Å². The highest BCUT2D eigenvalue weighted by molar-refractivity contribution is 6.37. The lowest BCUT2D eigenvalue weighted by Gasteiger charge is -2.61. The molecule has 2 saturated heterocycles. The van der Waals surface area contributed by atoms with Gasteiger partial charge in [0.05, 0.1) is 19.0 Å². The molecule has 230 valence electrons. The van der Waals surface area contributed by atoms with Crippen LogP contribution in [-0.4, -0.2) is 79.5 Å². The van der Waals surface area contributed by atoms with Gasteiger partial charge in [0.2, 0.25) is 0 Å². The first-order valence-electron chi connectivity index (χ1n) is 15.4. The van der Waals surface area contributed by atoms with Gasteiger partial charge in [0, 0.05) is 45.2 Å². The fraction of sp³-hybridized carbons (Fsp3) is 0.441. The molecule has 2 unspecified atom stereocenters. The van der Waals surface area contributed by atoms with Crippen LogP contribution in [0.5, 0.6) is 0 Å². The second kappa shape index (κ2) is 12.3. The van der Waals surface area contributed by atoms with Gasteiger partial charge >= 0.3 is 5.97 Å². The Morgan fingerprint density at radius 2 is 1.93 bits per heavy atom. The zero-order chi connectivity index (χ0) is 30.8. The smallest absolute Gasteiger partial charge is 0.356 e. The Morgan fingerprint density at radius 3 is 2.64 bits per heavy atom. The molecule has 1 saturated carbocycles. The van der Waals surface area contributed by atoms with E-state index >= 15 is 0 Å². The van der Waals surface area contributed by atoms with Gasteiger partial charge in [-0.05, 0) is 73.8 Å². The predicted octanol–water partition coefficient (Wildman–Crippen LogP) is 4.32. The van der Waals surface area contributed by atoms with Crippen LogP contribution in [0, 0.1) is 18.3 Å². The number of hydrogen-bond acceptors (Lipinski definition) is 8. The summed E-state index contributed by atoms with van der Waals surface area (Å²) in [6.07, 6.45) is 6.16. The summed E-state index contributed by atoms with van der Waals surface area (Å²) in [5.41, 5.74) is 10.3. The second-order valence-corrected chi connectivity index (χ2v) is 12.5. The monoisotopic (exact) mass is 595 g/mol. The maximum Gasteiger partial charge on any atom is 0.356 e. The average molecular weight is 596 g/mol. The number of nitrogens with zero attached hydrogens (tertiary/aromatic N) is 6. The lowest BCUT2D eigenvalue weighted by atomic mass is 9.53. The Hall–Kier alpha value is -4.47. The minimum absolute atomic E-state index is 0.0296. The van der Waals surface area contributed by atoms with E-state index in [0.717, 1.165) is 43.7 Å². The highest BCUT2D eigenvalue weighted by atomic mass is 16.5. The van der Waals surface area contributed by atoms with Crippen LogP contribution in [0.1, 0.15) is 53.2 Å². The topological polar surface area (TPSA) is 117 Å². The highest BCUT2D eigenvalue weighted by Crippen LogP contribution is 2.58. The molecule has 2 aliphatic heterocycles. The number of amidine groups is 1. The molecule has 1 aliphatic carbocycles. The molecule has 10 nitrogen and oxygen atoms in total. The largest absolute Gasteiger partial charge is 0.464 e. The summed E-state index contributed by atoms with van der Waals surface area (Å²) >= 11 is 0. The van der Waals surface area contributed by atoms with Gasteiger partial charge in [-0.3, -0.25) is 4.79 Å². The molecule has 3 aromatic rings. The number of anilines is 2. The minimum Gasteiger partial charge on any atom is -0.464 e. The van der Waals surface area contributed by atoms with Gasteiger partial charge in [-0.25, -0.2) is 19.8 Å². The first-order chi connectivity index (χ1) is 21.3. The lowest BCUT2D eigenvalue weighted by Crippen LogP contribution is -2.63. The Kier molecular flexibility index (Phi) is 8.25. The van der Waals surface area contributed by atoms with E-state index in [0.29, 0.717) is 42.0 Å². The predicted molar refractivity (Wildman–Crippen MR) is 171 cm³/mol. The van der Waals surface area contributed by atoms with E-state index < -0.39 is 5.97 Å². The second-order valence-electron chi connectivity index (χ2n) is 12.5. The molecule has 2 N–H and O–H groups in total. The molecule has 3 aliphatic rings. The number of aryl methyl sites for hydroxylation is 1. The summed E-state index contributed by atoms with van der Waals surface area (Å²) in [6, 6.07) is 18.3. The third-order valence-electron chi connectivity index (χ3n) is 9.70. The Labute approximate surface area is 258 Å². The minimum atomic E-state index is -0.457. The fourth-order valence-electron chi connectivity index (χ4n) is 6.94. The van der Waals surface area contributed by atoms with Crippen LogP contribution in [0.25, 0.3) is 0 Å². The molecule has 0 bridgehead atoms. The van der Waals surface area contributed by atoms with Crippen molar-refractivity contribution in [3.8, 4) is 0 Å². The average Bonchev–Trinajstić information content (AvgIpc) is 3.49. The molecule has 2 aromatic heterocycles. The number of rotatable bonds is 8. The van der Waals surface area contributed by atoms with Gasteiger partial charge in [-0.2, -0.15) is 0 Å². The summed E-state index contributed by atoms with van der Waals surface area (Å²) in [5.74, 6) is 1.43. The van der Waals surface area contributed by atoms with E-state index in [1.165, 1.54) is 25.5 Å². The number of esters is 1. The molecule has 6 rings (SSSR count). The summed E-state index contributed by atoms with van der Waals surface area (Å²) in [5, 5.41) is 0. The standard InChI is InChI=1S/C34H41N7O3/c1-23-18-26(41-21-34(22-41)15-12-27(34)25-8-5-4-6-9-25)19-36-31(23)38-30(35)32(42)40-17-14-24(20-40)13-16-39(2)29-11-7-10-28(37-29)33(43)44-3/h4-11,18-19,24,27H,12-17,20-22H2,1-3H3,(H2,35,36,38). The molecule has 0 radical (unpaired) electrons. The zero-order valence-electron chi connectivity index (χ0n) is 25.8. The third kappa shape index (κ3) is 5.85. The first kappa shape index (κ1) is 29.6. The molecular formula is C34H41N7O3. The quantitative estimate of drug-likeness (QED) is 0.233. The van der Waals surface area contributed by atoms with E-state index in [4.69, 9.17) is 10.5 Å².